The zero-order valence-electron chi connectivity index (χ0n) is 19.0. The summed E-state index contributed by atoms with van der Waals surface area (Å²) in [5, 5.41) is 0. The van der Waals surface area contributed by atoms with Crippen LogP contribution in [0.1, 0.15) is 31.2 Å². The van der Waals surface area contributed by atoms with Gasteiger partial charge < -0.3 is 23.8 Å². The highest BCUT2D eigenvalue weighted by atomic mass is 16.5. The van der Waals surface area contributed by atoms with Gasteiger partial charge in [-0.1, -0.05) is 24.3 Å². The summed E-state index contributed by atoms with van der Waals surface area (Å²) in [5.74, 6) is 2.00. The molecule has 1 aliphatic heterocycles. The average molecular weight is 428 g/mol. The standard InChI is InChI=1S/C25H33NO5/c1-6-14-25(24(27)26-15-8-9-19(26)17-28-2)16-18(12-13-22(25)30-4)20-10-7-11-21(29-3)23(20)31-5/h6-7,10-11,13,16,19H,1,8-9,12,14-15,17H2,2-5H3/t19-,25+/m0/s1. The molecule has 3 rings (SSSR count). The monoisotopic (exact) mass is 427 g/mol. The molecular weight excluding hydrogens is 394 g/mol. The Morgan fingerprint density at radius 2 is 2.03 bits per heavy atom. The second-order valence-corrected chi connectivity index (χ2v) is 7.90. The number of allylic oxidation sites excluding steroid dienone is 3. The molecule has 0 bridgehead atoms. The van der Waals surface area contributed by atoms with Crippen LogP contribution in [0.15, 0.2) is 48.8 Å². The van der Waals surface area contributed by atoms with E-state index in [1.54, 1.807) is 34.5 Å². The van der Waals surface area contributed by atoms with Gasteiger partial charge in [-0.25, -0.2) is 0 Å². The third-order valence-electron chi connectivity index (χ3n) is 6.18. The normalized spacial score (nSPS) is 23.1. The van der Waals surface area contributed by atoms with Gasteiger partial charge in [-0.2, -0.15) is 0 Å². The summed E-state index contributed by atoms with van der Waals surface area (Å²) in [7, 11) is 6.55. The van der Waals surface area contributed by atoms with E-state index in [4.69, 9.17) is 18.9 Å². The van der Waals surface area contributed by atoms with Crippen molar-refractivity contribution in [1.82, 2.24) is 4.90 Å². The van der Waals surface area contributed by atoms with Crippen LogP contribution in [-0.4, -0.2) is 58.4 Å². The van der Waals surface area contributed by atoms with E-state index in [0.717, 1.165) is 24.0 Å². The highest BCUT2D eigenvalue weighted by Crippen LogP contribution is 2.47. The molecule has 6 heteroatoms. The number of methoxy groups -OCH3 is 4. The molecule has 0 saturated carbocycles. The number of hydrogen-bond acceptors (Lipinski definition) is 5. The number of likely N-dealkylation sites (tertiary alicyclic amines) is 1. The lowest BCUT2D eigenvalue weighted by molar-refractivity contribution is -0.141. The van der Waals surface area contributed by atoms with Crippen LogP contribution in [0, 0.1) is 5.41 Å². The van der Waals surface area contributed by atoms with Gasteiger partial charge in [-0.15, -0.1) is 6.58 Å². The second kappa shape index (κ2) is 10.1. The Kier molecular flexibility index (Phi) is 7.44. The Morgan fingerprint density at radius 3 is 2.68 bits per heavy atom. The number of hydrogen-bond donors (Lipinski definition) is 0. The Bertz CT molecular complexity index is 875. The van der Waals surface area contributed by atoms with Gasteiger partial charge in [0, 0.05) is 19.2 Å². The van der Waals surface area contributed by atoms with Crippen molar-refractivity contribution in [2.75, 3.05) is 41.6 Å². The third-order valence-corrected chi connectivity index (χ3v) is 6.18. The highest BCUT2D eigenvalue weighted by Gasteiger charge is 2.47. The predicted octanol–water partition coefficient (Wildman–Crippen LogP) is 4.22. The lowest BCUT2D eigenvalue weighted by Crippen LogP contribution is -2.48. The van der Waals surface area contributed by atoms with E-state index in [2.05, 4.69) is 6.58 Å². The molecule has 1 aromatic carbocycles. The molecule has 168 valence electrons. The lowest BCUT2D eigenvalue weighted by Gasteiger charge is -2.38. The molecule has 1 aliphatic carbocycles. The highest BCUT2D eigenvalue weighted by molar-refractivity contribution is 5.92. The summed E-state index contributed by atoms with van der Waals surface area (Å²) < 4.78 is 22.3. The summed E-state index contributed by atoms with van der Waals surface area (Å²) >= 11 is 0. The molecule has 0 aromatic heterocycles. The molecular formula is C25H33NO5. The van der Waals surface area contributed by atoms with E-state index in [9.17, 15) is 4.79 Å². The molecule has 0 unspecified atom stereocenters. The van der Waals surface area contributed by atoms with Crippen molar-refractivity contribution >= 4 is 11.5 Å². The van der Waals surface area contributed by atoms with Crippen LogP contribution >= 0.6 is 0 Å². The largest absolute Gasteiger partial charge is 0.500 e. The van der Waals surface area contributed by atoms with Gasteiger partial charge in [0.2, 0.25) is 5.91 Å². The maximum Gasteiger partial charge on any atom is 0.240 e. The Balaban J connectivity index is 2.11. The fraction of sp³-hybridized carbons (Fsp3) is 0.480. The van der Waals surface area contributed by atoms with Crippen LogP contribution in [0.3, 0.4) is 0 Å². The molecule has 0 spiro atoms. The van der Waals surface area contributed by atoms with Crippen LogP contribution in [-0.2, 0) is 14.3 Å². The zero-order chi connectivity index (χ0) is 22.4. The van der Waals surface area contributed by atoms with Gasteiger partial charge in [0.25, 0.3) is 0 Å². The average Bonchev–Trinajstić information content (AvgIpc) is 3.26. The molecule has 31 heavy (non-hydrogen) atoms. The van der Waals surface area contributed by atoms with E-state index in [0.29, 0.717) is 43.3 Å². The first kappa shape index (κ1) is 22.9. The van der Waals surface area contributed by atoms with E-state index in [1.165, 1.54) is 0 Å². The van der Waals surface area contributed by atoms with Gasteiger partial charge >= 0.3 is 0 Å². The van der Waals surface area contributed by atoms with E-state index in [1.807, 2.05) is 35.3 Å². The van der Waals surface area contributed by atoms with Gasteiger partial charge in [0.15, 0.2) is 11.5 Å². The maximum atomic E-state index is 14.0. The Morgan fingerprint density at radius 1 is 1.23 bits per heavy atom. The number of ether oxygens (including phenoxy) is 4. The van der Waals surface area contributed by atoms with E-state index >= 15 is 0 Å². The number of benzene rings is 1. The minimum Gasteiger partial charge on any atom is -0.500 e. The smallest absolute Gasteiger partial charge is 0.240 e. The van der Waals surface area contributed by atoms with Crippen molar-refractivity contribution in [1.29, 1.82) is 0 Å². The van der Waals surface area contributed by atoms with Crippen LogP contribution in [0.4, 0.5) is 0 Å². The first-order valence-electron chi connectivity index (χ1n) is 10.6. The lowest BCUT2D eigenvalue weighted by atomic mass is 9.74. The number of carbonyl (C=O) groups excluding carboxylic acids is 1. The summed E-state index contributed by atoms with van der Waals surface area (Å²) in [5.41, 5.74) is 0.952. The molecule has 1 saturated heterocycles. The summed E-state index contributed by atoms with van der Waals surface area (Å²) in [6.07, 6.45) is 8.80. The number of rotatable bonds is 9. The van der Waals surface area contributed by atoms with E-state index in [-0.39, 0.29) is 11.9 Å². The van der Waals surface area contributed by atoms with Crippen molar-refractivity contribution in [3.8, 4) is 11.5 Å². The van der Waals surface area contributed by atoms with E-state index < -0.39 is 5.41 Å². The van der Waals surface area contributed by atoms with Crippen LogP contribution in [0.2, 0.25) is 0 Å². The quantitative estimate of drug-likeness (QED) is 0.552. The van der Waals surface area contributed by atoms with Crippen LogP contribution < -0.4 is 9.47 Å². The van der Waals surface area contributed by atoms with Crippen molar-refractivity contribution in [2.24, 2.45) is 5.41 Å². The van der Waals surface area contributed by atoms with Crippen molar-refractivity contribution in [3.63, 3.8) is 0 Å². The Hall–Kier alpha value is -2.73. The molecule has 0 N–H and O–H groups in total. The Labute approximate surface area is 185 Å². The summed E-state index contributed by atoms with van der Waals surface area (Å²) in [4.78, 5) is 16.0. The molecule has 0 radical (unpaired) electrons. The SMILES string of the molecule is C=CC[C@@]1(C(=O)N2CCC[C@H]2COC)C=C(c2cccc(OC)c2OC)CC=C1OC. The number of amides is 1. The molecule has 1 heterocycles. The topological polar surface area (TPSA) is 57.2 Å². The fourth-order valence-corrected chi connectivity index (χ4v) is 4.77. The van der Waals surface area contributed by atoms with Crippen molar-refractivity contribution in [2.45, 2.75) is 31.7 Å². The summed E-state index contributed by atoms with van der Waals surface area (Å²) in [6.45, 7) is 5.19. The van der Waals surface area contributed by atoms with Crippen molar-refractivity contribution in [3.05, 3.63) is 54.3 Å². The summed E-state index contributed by atoms with van der Waals surface area (Å²) in [6, 6.07) is 5.86. The van der Waals surface area contributed by atoms with Gasteiger partial charge in [-0.3, -0.25) is 4.79 Å². The maximum absolute atomic E-state index is 14.0. The molecule has 2 atom stereocenters. The van der Waals surface area contributed by atoms with Crippen molar-refractivity contribution < 1.29 is 23.7 Å². The predicted molar refractivity (Wildman–Crippen MR) is 121 cm³/mol. The fourth-order valence-electron chi connectivity index (χ4n) is 4.77. The van der Waals surface area contributed by atoms with Gasteiger partial charge in [0.05, 0.1) is 34.0 Å². The minimum atomic E-state index is -0.950. The molecule has 6 nitrogen and oxygen atoms in total. The van der Waals surface area contributed by atoms with Gasteiger partial charge in [0.1, 0.15) is 11.2 Å². The first-order chi connectivity index (χ1) is 15.1. The molecule has 1 amide bonds. The molecule has 2 aliphatic rings. The molecule has 1 fully saturated rings. The molecule has 1 aromatic rings. The third kappa shape index (κ3) is 4.22. The first-order valence-corrected chi connectivity index (χ1v) is 10.6. The van der Waals surface area contributed by atoms with Gasteiger partial charge in [-0.05, 0) is 43.4 Å². The number of para-hydroxylation sites is 1. The van der Waals surface area contributed by atoms with Crippen LogP contribution in [0.25, 0.3) is 5.57 Å². The van der Waals surface area contributed by atoms with Crippen LogP contribution in [0.5, 0.6) is 11.5 Å². The number of carbonyl (C=O) groups is 1. The second-order valence-electron chi connectivity index (χ2n) is 7.90. The number of nitrogens with zero attached hydrogens (tertiary/aromatic N) is 1. The minimum absolute atomic E-state index is 0.0270. The zero-order valence-corrected chi connectivity index (χ0v) is 19.0.